The lowest BCUT2D eigenvalue weighted by molar-refractivity contribution is -0.348. The summed E-state index contributed by atoms with van der Waals surface area (Å²) in [5, 5.41) is 3.12. The topological polar surface area (TPSA) is 57.8 Å². The molecule has 1 unspecified atom stereocenters. The van der Waals surface area contributed by atoms with Crippen LogP contribution in [0.25, 0.3) is 10.9 Å². The van der Waals surface area contributed by atoms with Crippen LogP contribution in [0.5, 0.6) is 0 Å². The van der Waals surface area contributed by atoms with E-state index in [0.717, 1.165) is 12.6 Å². The Labute approximate surface area is 148 Å². The molecule has 0 radical (unpaired) electrons. The van der Waals surface area contributed by atoms with Crippen molar-refractivity contribution in [1.29, 1.82) is 0 Å². The largest absolute Gasteiger partial charge is 0.418 e. The molecule has 2 heterocycles. The Balaban J connectivity index is 1.43. The second-order valence-electron chi connectivity index (χ2n) is 8.80. The monoisotopic (exact) mass is 363 g/mol. The van der Waals surface area contributed by atoms with E-state index in [0.29, 0.717) is 29.1 Å². The number of amides is 1. The number of carbonyl (C=O) groups is 1. The van der Waals surface area contributed by atoms with E-state index in [-0.39, 0.29) is 28.0 Å². The Morgan fingerprint density at radius 2 is 2.04 bits per heavy atom. The maximum absolute atomic E-state index is 13.1. The number of H-pyrrole nitrogens is 1. The zero-order valence-corrected chi connectivity index (χ0v) is 14.7. The van der Waals surface area contributed by atoms with Gasteiger partial charge in [0.05, 0.1) is 17.3 Å². The zero-order chi connectivity index (χ0) is 18.6. The number of pyridine rings is 1. The SMILES string of the molecule is C[C@H]1[C@@H]2C3[C@H](C[C@]31NC(=O)c1cc3c(C(F)(F)F)cncc3[nH]1)C2(C)C. The summed E-state index contributed by atoms with van der Waals surface area (Å²) in [5.41, 5.74) is -0.288. The molecule has 5 atom stereocenters. The van der Waals surface area contributed by atoms with E-state index >= 15 is 0 Å². The summed E-state index contributed by atoms with van der Waals surface area (Å²) in [6, 6.07) is 1.29. The number of carbonyl (C=O) groups excluding carboxylic acids is 1. The molecule has 2 aromatic heterocycles. The average Bonchev–Trinajstić information content (AvgIpc) is 2.97. The summed E-state index contributed by atoms with van der Waals surface area (Å²) < 4.78 is 39.4. The van der Waals surface area contributed by atoms with Gasteiger partial charge in [0.25, 0.3) is 5.91 Å². The highest BCUT2D eigenvalue weighted by Gasteiger charge is 2.82. The zero-order valence-electron chi connectivity index (χ0n) is 14.7. The van der Waals surface area contributed by atoms with Crippen molar-refractivity contribution in [2.24, 2.45) is 29.1 Å². The first kappa shape index (κ1) is 16.1. The molecule has 3 aliphatic carbocycles. The molecule has 3 fully saturated rings. The minimum atomic E-state index is -4.50. The van der Waals surface area contributed by atoms with Crippen LogP contribution < -0.4 is 5.32 Å². The lowest BCUT2D eigenvalue weighted by Crippen LogP contribution is -2.90. The molecule has 26 heavy (non-hydrogen) atoms. The lowest BCUT2D eigenvalue weighted by Gasteiger charge is -2.86. The summed E-state index contributed by atoms with van der Waals surface area (Å²) in [4.78, 5) is 19.2. The normalized spacial score (nSPS) is 36.5. The molecule has 2 N–H and O–H groups in total. The second kappa shape index (κ2) is 4.43. The second-order valence-corrected chi connectivity index (χ2v) is 8.80. The molecule has 0 spiro atoms. The number of nitrogens with zero attached hydrogens (tertiary/aromatic N) is 1. The van der Waals surface area contributed by atoms with E-state index in [1.54, 1.807) is 0 Å². The molecular weight excluding hydrogens is 343 g/mol. The molecule has 0 bridgehead atoms. The van der Waals surface area contributed by atoms with E-state index in [2.05, 4.69) is 36.1 Å². The fourth-order valence-corrected chi connectivity index (χ4v) is 6.29. The van der Waals surface area contributed by atoms with Gasteiger partial charge in [-0.15, -0.1) is 0 Å². The molecule has 2 aromatic rings. The lowest BCUT2D eigenvalue weighted by atomic mass is 9.21. The van der Waals surface area contributed by atoms with Gasteiger partial charge >= 0.3 is 6.18 Å². The van der Waals surface area contributed by atoms with Crippen LogP contribution in [0, 0.1) is 29.1 Å². The Kier molecular flexibility index (Phi) is 2.75. The number of hydrogen-bond donors (Lipinski definition) is 2. The van der Waals surface area contributed by atoms with Gasteiger partial charge in [0.2, 0.25) is 0 Å². The van der Waals surface area contributed by atoms with E-state index in [1.165, 1.54) is 12.3 Å². The minimum Gasteiger partial charge on any atom is -0.349 e. The number of aromatic nitrogens is 2. The molecule has 7 heteroatoms. The van der Waals surface area contributed by atoms with Gasteiger partial charge in [-0.2, -0.15) is 13.2 Å². The predicted molar refractivity (Wildman–Crippen MR) is 89.3 cm³/mol. The van der Waals surface area contributed by atoms with Crippen LogP contribution in [0.1, 0.15) is 43.2 Å². The molecule has 0 aromatic carbocycles. The fourth-order valence-electron chi connectivity index (χ4n) is 6.29. The first-order valence-corrected chi connectivity index (χ1v) is 8.94. The van der Waals surface area contributed by atoms with Gasteiger partial charge in [-0.05, 0) is 41.6 Å². The number of halogens is 3. The summed E-state index contributed by atoms with van der Waals surface area (Å²) in [5.74, 6) is 1.86. The summed E-state index contributed by atoms with van der Waals surface area (Å²) in [6.45, 7) is 6.77. The number of aromatic amines is 1. The van der Waals surface area contributed by atoms with E-state index < -0.39 is 11.7 Å². The van der Waals surface area contributed by atoms with Crippen LogP contribution in [0.2, 0.25) is 0 Å². The highest BCUT2D eigenvalue weighted by Crippen LogP contribution is 2.81. The van der Waals surface area contributed by atoms with Crippen molar-refractivity contribution in [2.75, 3.05) is 0 Å². The molecule has 5 rings (SSSR count). The van der Waals surface area contributed by atoms with Crippen LogP contribution in [0.3, 0.4) is 0 Å². The van der Waals surface area contributed by atoms with Gasteiger partial charge in [0.15, 0.2) is 0 Å². The van der Waals surface area contributed by atoms with Crippen molar-refractivity contribution < 1.29 is 18.0 Å². The number of nitrogens with one attached hydrogen (secondary N) is 2. The highest BCUT2D eigenvalue weighted by molar-refractivity contribution is 5.99. The minimum absolute atomic E-state index is 0.0223. The summed E-state index contributed by atoms with van der Waals surface area (Å²) in [6.07, 6.45) is -1.43. The standard InChI is InChI=1S/C19H20F3N3O/c1-8-14-15-10(17(14,2)3)5-18(8,15)25-16(26)12-4-9-11(19(20,21)22)6-23-7-13(9)24-12/h4,6-8,10,14-15,24H,5H2,1-3H3,(H,25,26)/t8-,10-,14+,15?,18+/m0/s1. The van der Waals surface area contributed by atoms with Crippen molar-refractivity contribution in [1.82, 2.24) is 15.3 Å². The molecule has 1 amide bonds. The van der Waals surface area contributed by atoms with Crippen LogP contribution in [0.15, 0.2) is 18.5 Å². The molecule has 4 nitrogen and oxygen atoms in total. The van der Waals surface area contributed by atoms with Crippen molar-refractivity contribution in [3.05, 3.63) is 29.7 Å². The molecule has 0 saturated heterocycles. The third-order valence-corrected chi connectivity index (χ3v) is 7.58. The molecule has 3 aliphatic rings. The molecule has 138 valence electrons. The maximum atomic E-state index is 13.1. The van der Waals surface area contributed by atoms with E-state index in [4.69, 9.17) is 0 Å². The van der Waals surface area contributed by atoms with Crippen molar-refractivity contribution in [3.8, 4) is 0 Å². The first-order valence-electron chi connectivity index (χ1n) is 8.94. The Morgan fingerprint density at radius 3 is 2.65 bits per heavy atom. The number of hydrogen-bond acceptors (Lipinski definition) is 2. The van der Waals surface area contributed by atoms with Gasteiger partial charge in [0, 0.05) is 17.1 Å². The number of fused-ring (bicyclic) bond motifs is 1. The van der Waals surface area contributed by atoms with Crippen molar-refractivity contribution in [3.63, 3.8) is 0 Å². The predicted octanol–water partition coefficient (Wildman–Crippen LogP) is 3.99. The Hall–Kier alpha value is -2.05. The number of alkyl halides is 3. The van der Waals surface area contributed by atoms with Crippen LogP contribution in [0.4, 0.5) is 13.2 Å². The third-order valence-electron chi connectivity index (χ3n) is 7.58. The van der Waals surface area contributed by atoms with Gasteiger partial charge in [-0.25, -0.2) is 0 Å². The van der Waals surface area contributed by atoms with Gasteiger partial charge in [-0.1, -0.05) is 20.8 Å². The highest BCUT2D eigenvalue weighted by atomic mass is 19.4. The van der Waals surface area contributed by atoms with Gasteiger partial charge in [-0.3, -0.25) is 9.78 Å². The van der Waals surface area contributed by atoms with Crippen LogP contribution in [-0.2, 0) is 6.18 Å². The summed E-state index contributed by atoms with van der Waals surface area (Å²) >= 11 is 0. The van der Waals surface area contributed by atoms with Crippen molar-refractivity contribution >= 4 is 16.8 Å². The third kappa shape index (κ3) is 1.67. The van der Waals surface area contributed by atoms with E-state index in [9.17, 15) is 18.0 Å². The average molecular weight is 363 g/mol. The Bertz CT molecular complexity index is 939. The summed E-state index contributed by atoms with van der Waals surface area (Å²) in [7, 11) is 0. The maximum Gasteiger partial charge on any atom is 0.418 e. The first-order chi connectivity index (χ1) is 12.1. The van der Waals surface area contributed by atoms with Gasteiger partial charge < -0.3 is 10.3 Å². The van der Waals surface area contributed by atoms with E-state index in [1.807, 2.05) is 0 Å². The molecular formula is C19H20F3N3O. The quantitative estimate of drug-likeness (QED) is 0.848. The van der Waals surface area contributed by atoms with Crippen LogP contribution >= 0.6 is 0 Å². The molecule has 3 saturated carbocycles. The fraction of sp³-hybridized carbons (Fsp3) is 0.579. The number of rotatable bonds is 2. The van der Waals surface area contributed by atoms with Crippen molar-refractivity contribution in [2.45, 2.75) is 38.9 Å². The molecule has 0 aliphatic heterocycles. The smallest absolute Gasteiger partial charge is 0.349 e. The van der Waals surface area contributed by atoms with Gasteiger partial charge in [0.1, 0.15) is 5.69 Å². The van der Waals surface area contributed by atoms with Crippen LogP contribution in [-0.4, -0.2) is 21.4 Å². The Morgan fingerprint density at radius 1 is 1.31 bits per heavy atom.